The second kappa shape index (κ2) is 6.32. The van der Waals surface area contributed by atoms with Crippen molar-refractivity contribution in [3.8, 4) is 0 Å². The maximum absolute atomic E-state index is 12.5. The monoisotopic (exact) mass is 346 g/mol. The molecule has 2 aromatic rings. The van der Waals surface area contributed by atoms with Crippen LogP contribution in [0.15, 0.2) is 59.5 Å². The van der Waals surface area contributed by atoms with Crippen LogP contribution >= 0.6 is 0 Å². The van der Waals surface area contributed by atoms with Gasteiger partial charge in [-0.1, -0.05) is 18.2 Å². The lowest BCUT2D eigenvalue weighted by Crippen LogP contribution is -2.21. The molecular weight excluding hydrogens is 332 g/mol. The van der Waals surface area contributed by atoms with Gasteiger partial charge in [-0.05, 0) is 30.7 Å². The van der Waals surface area contributed by atoms with Crippen molar-refractivity contribution in [1.82, 2.24) is 4.98 Å². The molecule has 0 saturated carbocycles. The van der Waals surface area contributed by atoms with Crippen LogP contribution in [0.2, 0.25) is 0 Å². The molecular formula is C16H14N2O5S. The first-order valence-electron chi connectivity index (χ1n) is 7.04. The first-order valence-corrected chi connectivity index (χ1v) is 8.52. The highest BCUT2D eigenvalue weighted by atomic mass is 32.2. The van der Waals surface area contributed by atoms with Gasteiger partial charge in [-0.3, -0.25) is 9.71 Å². The number of para-hydroxylation sites is 1. The Morgan fingerprint density at radius 1 is 1.25 bits per heavy atom. The average molecular weight is 346 g/mol. The Kier molecular flexibility index (Phi) is 4.22. The molecule has 7 nitrogen and oxygen atoms in total. The molecule has 0 unspecified atom stereocenters. The van der Waals surface area contributed by atoms with Gasteiger partial charge in [0, 0.05) is 11.6 Å². The number of hydrogen-bond acceptors (Lipinski definition) is 6. The Morgan fingerprint density at radius 3 is 2.83 bits per heavy atom. The third-order valence-electron chi connectivity index (χ3n) is 3.33. The average Bonchev–Trinajstić information content (AvgIpc) is 2.61. The maximum Gasteiger partial charge on any atom is 0.373 e. The van der Waals surface area contributed by atoms with Crippen molar-refractivity contribution in [2.75, 3.05) is 11.8 Å². The third kappa shape index (κ3) is 3.09. The number of nitrogens with zero attached hydrogens (tertiary/aromatic N) is 1. The molecule has 0 atom stereocenters. The van der Waals surface area contributed by atoms with Crippen LogP contribution in [-0.4, -0.2) is 26.5 Å². The van der Waals surface area contributed by atoms with E-state index < -0.39 is 16.0 Å². The highest BCUT2D eigenvalue weighted by Gasteiger charge is 2.26. The molecule has 2 heterocycles. The van der Waals surface area contributed by atoms with Crippen LogP contribution < -0.4 is 4.72 Å². The number of anilines is 1. The fourth-order valence-electron chi connectivity index (χ4n) is 2.23. The summed E-state index contributed by atoms with van der Waals surface area (Å²) in [5, 5.41) is 0.449. The van der Waals surface area contributed by atoms with Gasteiger partial charge >= 0.3 is 5.97 Å². The second-order valence-corrected chi connectivity index (χ2v) is 6.52. The van der Waals surface area contributed by atoms with E-state index in [0.29, 0.717) is 11.2 Å². The van der Waals surface area contributed by atoms with Gasteiger partial charge in [-0.25, -0.2) is 4.79 Å². The molecule has 0 spiro atoms. The molecule has 1 aliphatic rings. The molecule has 0 amide bonds. The first-order chi connectivity index (χ1) is 11.5. The van der Waals surface area contributed by atoms with E-state index in [-0.39, 0.29) is 17.3 Å². The van der Waals surface area contributed by atoms with Crippen LogP contribution in [0.25, 0.3) is 10.9 Å². The van der Waals surface area contributed by atoms with E-state index in [1.807, 2.05) is 12.1 Å². The number of fused-ring (bicyclic) bond motifs is 1. The Balaban J connectivity index is 1.89. The molecule has 124 valence electrons. The van der Waals surface area contributed by atoms with Gasteiger partial charge in [-0.2, -0.15) is 8.42 Å². The van der Waals surface area contributed by atoms with Crippen molar-refractivity contribution in [2.24, 2.45) is 0 Å². The van der Waals surface area contributed by atoms with Crippen LogP contribution in [0.4, 0.5) is 5.69 Å². The molecule has 0 radical (unpaired) electrons. The number of ether oxygens (including phenoxy) is 2. The summed E-state index contributed by atoms with van der Waals surface area (Å²) in [4.78, 5) is 15.7. The minimum atomic E-state index is -4.00. The molecule has 3 rings (SSSR count). The van der Waals surface area contributed by atoms with E-state index in [1.54, 1.807) is 24.4 Å². The van der Waals surface area contributed by atoms with Gasteiger partial charge < -0.3 is 9.47 Å². The Labute approximate surface area is 138 Å². The smallest absolute Gasteiger partial charge is 0.373 e. The number of benzene rings is 1. The lowest BCUT2D eigenvalue weighted by atomic mass is 10.2. The normalized spacial score (nSPS) is 14.4. The Bertz CT molecular complexity index is 958. The van der Waals surface area contributed by atoms with E-state index >= 15 is 0 Å². The summed E-state index contributed by atoms with van der Waals surface area (Å²) in [6.07, 6.45) is 4.64. The summed E-state index contributed by atoms with van der Waals surface area (Å²) in [6, 6.07) is 8.75. The number of esters is 1. The second-order valence-electron chi connectivity index (χ2n) is 4.91. The summed E-state index contributed by atoms with van der Waals surface area (Å²) in [5.41, 5.74) is 0.843. The summed E-state index contributed by atoms with van der Waals surface area (Å²) in [7, 11) is -2.81. The molecule has 24 heavy (non-hydrogen) atoms. The van der Waals surface area contributed by atoms with Crippen molar-refractivity contribution in [3.63, 3.8) is 0 Å². The number of aromatic nitrogens is 1. The Morgan fingerprint density at radius 2 is 2.04 bits per heavy atom. The lowest BCUT2D eigenvalue weighted by molar-refractivity contribution is -0.139. The fourth-order valence-corrected chi connectivity index (χ4v) is 3.30. The highest BCUT2D eigenvalue weighted by molar-refractivity contribution is 7.96. The minimum absolute atomic E-state index is 0.156. The summed E-state index contributed by atoms with van der Waals surface area (Å²) in [5.74, 6) is -0.890. The zero-order valence-electron chi connectivity index (χ0n) is 12.7. The highest BCUT2D eigenvalue weighted by Crippen LogP contribution is 2.26. The van der Waals surface area contributed by atoms with Crippen molar-refractivity contribution < 1.29 is 22.7 Å². The molecule has 0 saturated heterocycles. The van der Waals surface area contributed by atoms with Gasteiger partial charge in [0.15, 0.2) is 0 Å². The number of pyridine rings is 1. The number of nitrogens with one attached hydrogen (secondary N) is 1. The SMILES string of the molecule is COC(=O)C1=CCC=C(S(=O)(=O)Nc2cccc3cccnc23)O1. The predicted octanol–water partition coefficient (Wildman–Crippen LogP) is 2.30. The van der Waals surface area contributed by atoms with Crippen molar-refractivity contribution in [1.29, 1.82) is 0 Å². The fraction of sp³-hybridized carbons (Fsp3) is 0.125. The number of sulfonamides is 1. The van der Waals surface area contributed by atoms with E-state index in [4.69, 9.17) is 4.74 Å². The van der Waals surface area contributed by atoms with Gasteiger partial charge in [0.05, 0.1) is 18.3 Å². The van der Waals surface area contributed by atoms with Crippen LogP contribution in [-0.2, 0) is 24.3 Å². The molecule has 0 bridgehead atoms. The van der Waals surface area contributed by atoms with Gasteiger partial charge in [0.25, 0.3) is 10.0 Å². The minimum Gasteiger partial charge on any atom is -0.463 e. The van der Waals surface area contributed by atoms with E-state index in [2.05, 4.69) is 14.4 Å². The van der Waals surface area contributed by atoms with Crippen molar-refractivity contribution in [2.45, 2.75) is 6.42 Å². The van der Waals surface area contributed by atoms with Crippen LogP contribution in [0, 0.1) is 0 Å². The topological polar surface area (TPSA) is 94.6 Å². The standard InChI is InChI=1S/C16H14N2O5S/c1-22-16(19)13-8-3-9-14(23-13)24(20,21)18-12-7-2-5-11-6-4-10-17-15(11)12/h2,4-10,18H,3H2,1H3. The molecule has 0 fully saturated rings. The van der Waals surface area contributed by atoms with E-state index in [0.717, 1.165) is 5.39 Å². The maximum atomic E-state index is 12.5. The zero-order valence-corrected chi connectivity index (χ0v) is 13.5. The molecule has 1 aromatic carbocycles. The number of carbonyl (C=O) groups is 1. The molecule has 1 aromatic heterocycles. The first kappa shape index (κ1) is 16.0. The molecule has 8 heteroatoms. The van der Waals surface area contributed by atoms with E-state index in [1.165, 1.54) is 19.3 Å². The molecule has 0 aliphatic carbocycles. The summed E-state index contributed by atoms with van der Waals surface area (Å²) < 4.78 is 37.2. The van der Waals surface area contributed by atoms with Gasteiger partial charge in [-0.15, -0.1) is 0 Å². The van der Waals surface area contributed by atoms with Gasteiger partial charge in [0.2, 0.25) is 10.9 Å². The molecule has 1 aliphatic heterocycles. The number of carbonyl (C=O) groups excluding carboxylic acids is 1. The van der Waals surface area contributed by atoms with E-state index in [9.17, 15) is 13.2 Å². The van der Waals surface area contributed by atoms with Crippen LogP contribution in [0.5, 0.6) is 0 Å². The predicted molar refractivity (Wildman–Crippen MR) is 88.2 cm³/mol. The summed E-state index contributed by atoms with van der Waals surface area (Å²) in [6.45, 7) is 0. The zero-order chi connectivity index (χ0) is 17.2. The largest absolute Gasteiger partial charge is 0.463 e. The lowest BCUT2D eigenvalue weighted by Gasteiger charge is -2.16. The number of allylic oxidation sites excluding steroid dienone is 2. The van der Waals surface area contributed by atoms with Crippen molar-refractivity contribution >= 4 is 32.6 Å². The quantitative estimate of drug-likeness (QED) is 0.854. The molecule has 1 N–H and O–H groups in total. The van der Waals surface area contributed by atoms with Crippen LogP contribution in [0.3, 0.4) is 0 Å². The van der Waals surface area contributed by atoms with Crippen molar-refractivity contribution in [3.05, 3.63) is 59.5 Å². The number of rotatable bonds is 4. The van der Waals surface area contributed by atoms with Crippen LogP contribution in [0.1, 0.15) is 6.42 Å². The third-order valence-corrected chi connectivity index (χ3v) is 4.60. The Hall–Kier alpha value is -2.87. The number of methoxy groups -OCH3 is 1. The van der Waals surface area contributed by atoms with Gasteiger partial charge in [0.1, 0.15) is 0 Å². The summed E-state index contributed by atoms with van der Waals surface area (Å²) >= 11 is 0. The number of hydrogen-bond donors (Lipinski definition) is 1.